The largest absolute Gasteiger partial charge is 0.497 e. The van der Waals surface area contributed by atoms with Gasteiger partial charge in [-0.25, -0.2) is 4.98 Å². The number of aromatic amines is 1. The molecule has 21 heavy (non-hydrogen) atoms. The summed E-state index contributed by atoms with van der Waals surface area (Å²) < 4.78 is 5.05. The molecule has 0 atom stereocenters. The van der Waals surface area contributed by atoms with Crippen LogP contribution in [-0.2, 0) is 11.2 Å². The van der Waals surface area contributed by atoms with Crippen molar-refractivity contribution in [3.63, 3.8) is 0 Å². The van der Waals surface area contributed by atoms with Crippen LogP contribution in [0, 0.1) is 13.8 Å². The van der Waals surface area contributed by atoms with E-state index in [1.165, 1.54) is 0 Å². The zero-order valence-electron chi connectivity index (χ0n) is 12.2. The van der Waals surface area contributed by atoms with Crippen LogP contribution in [0.5, 0.6) is 5.75 Å². The van der Waals surface area contributed by atoms with Crippen LogP contribution in [0.4, 0.5) is 5.69 Å². The first-order valence-electron chi connectivity index (χ1n) is 6.50. The van der Waals surface area contributed by atoms with Gasteiger partial charge in [-0.2, -0.15) is 0 Å². The maximum absolute atomic E-state index is 12.0. The number of methoxy groups -OCH3 is 1. The first-order chi connectivity index (χ1) is 9.99. The molecule has 1 aromatic heterocycles. The van der Waals surface area contributed by atoms with Gasteiger partial charge in [0, 0.05) is 16.9 Å². The Morgan fingerprint density at radius 3 is 2.52 bits per heavy atom. The lowest BCUT2D eigenvalue weighted by atomic mass is 10.1. The number of rotatable bonds is 4. The lowest BCUT2D eigenvalue weighted by Crippen LogP contribution is -2.24. The molecule has 6 nitrogen and oxygen atoms in total. The molecule has 0 fully saturated rings. The second-order valence-electron chi connectivity index (χ2n) is 4.67. The number of nitrogens with one attached hydrogen (secondary N) is 2. The molecule has 0 unspecified atom stereocenters. The Balaban J connectivity index is 2.10. The molecular weight excluding hydrogens is 270 g/mol. The Kier molecular flexibility index (Phi) is 4.37. The van der Waals surface area contributed by atoms with Gasteiger partial charge in [-0.1, -0.05) is 0 Å². The fourth-order valence-electron chi connectivity index (χ4n) is 2.00. The van der Waals surface area contributed by atoms with E-state index < -0.39 is 0 Å². The number of nitrogens with zero attached hydrogens (tertiary/aromatic N) is 1. The van der Waals surface area contributed by atoms with Gasteiger partial charge < -0.3 is 15.0 Å². The highest BCUT2D eigenvalue weighted by atomic mass is 16.5. The number of carbonyl (C=O) groups is 1. The molecular formula is C15H17N3O3. The van der Waals surface area contributed by atoms with Crippen LogP contribution < -0.4 is 15.6 Å². The number of benzene rings is 1. The van der Waals surface area contributed by atoms with E-state index in [9.17, 15) is 9.59 Å². The normalized spacial score (nSPS) is 10.2. The minimum Gasteiger partial charge on any atom is -0.497 e. The fourth-order valence-corrected chi connectivity index (χ4v) is 2.00. The van der Waals surface area contributed by atoms with E-state index in [1.54, 1.807) is 45.2 Å². The van der Waals surface area contributed by atoms with E-state index in [0.717, 1.165) is 0 Å². The highest BCUT2D eigenvalue weighted by molar-refractivity contribution is 5.92. The molecule has 0 aliphatic heterocycles. The van der Waals surface area contributed by atoms with Crippen LogP contribution in [-0.4, -0.2) is 23.0 Å². The summed E-state index contributed by atoms with van der Waals surface area (Å²) in [5.74, 6) is 0.985. The van der Waals surface area contributed by atoms with Crippen molar-refractivity contribution < 1.29 is 9.53 Å². The average molecular weight is 287 g/mol. The minimum atomic E-state index is -0.273. The van der Waals surface area contributed by atoms with Crippen LogP contribution in [0.2, 0.25) is 0 Å². The van der Waals surface area contributed by atoms with Crippen molar-refractivity contribution >= 4 is 11.6 Å². The quantitative estimate of drug-likeness (QED) is 0.894. The highest BCUT2D eigenvalue weighted by Crippen LogP contribution is 2.15. The third kappa shape index (κ3) is 3.68. The lowest BCUT2D eigenvalue weighted by molar-refractivity contribution is -0.115. The van der Waals surface area contributed by atoms with Gasteiger partial charge in [0.05, 0.1) is 13.5 Å². The molecule has 1 aromatic carbocycles. The van der Waals surface area contributed by atoms with Gasteiger partial charge in [-0.05, 0) is 38.1 Å². The number of aromatic nitrogens is 2. The molecule has 0 bridgehead atoms. The van der Waals surface area contributed by atoms with E-state index in [2.05, 4.69) is 15.3 Å². The van der Waals surface area contributed by atoms with Crippen LogP contribution >= 0.6 is 0 Å². The number of aryl methyl sites for hydroxylation is 2. The SMILES string of the molecule is COc1ccc(NC(=O)Cc2c(C)nc(C)[nH]c2=O)cc1. The molecule has 0 saturated heterocycles. The molecule has 0 aliphatic carbocycles. The number of hydrogen-bond acceptors (Lipinski definition) is 4. The van der Waals surface area contributed by atoms with Crippen LogP contribution in [0.3, 0.4) is 0 Å². The van der Waals surface area contributed by atoms with E-state index >= 15 is 0 Å². The molecule has 0 aliphatic rings. The minimum absolute atomic E-state index is 0.0134. The molecule has 1 heterocycles. The predicted molar refractivity (Wildman–Crippen MR) is 79.7 cm³/mol. The van der Waals surface area contributed by atoms with Gasteiger partial charge in [0.1, 0.15) is 11.6 Å². The van der Waals surface area contributed by atoms with Crippen molar-refractivity contribution in [2.75, 3.05) is 12.4 Å². The first kappa shape index (κ1) is 14.8. The second-order valence-corrected chi connectivity index (χ2v) is 4.67. The van der Waals surface area contributed by atoms with Crippen molar-refractivity contribution in [2.45, 2.75) is 20.3 Å². The van der Waals surface area contributed by atoms with Gasteiger partial charge in [0.2, 0.25) is 5.91 Å². The van der Waals surface area contributed by atoms with E-state index in [-0.39, 0.29) is 17.9 Å². The van der Waals surface area contributed by atoms with Crippen LogP contribution in [0.1, 0.15) is 17.1 Å². The van der Waals surface area contributed by atoms with Crippen LogP contribution in [0.15, 0.2) is 29.1 Å². The number of hydrogen-bond donors (Lipinski definition) is 2. The molecule has 2 rings (SSSR count). The summed E-state index contributed by atoms with van der Waals surface area (Å²) in [4.78, 5) is 30.6. The summed E-state index contributed by atoms with van der Waals surface area (Å²) in [7, 11) is 1.58. The predicted octanol–water partition coefficient (Wildman–Crippen LogP) is 1.58. The summed E-state index contributed by atoms with van der Waals surface area (Å²) in [6, 6.07) is 6.98. The van der Waals surface area contributed by atoms with Crippen LogP contribution in [0.25, 0.3) is 0 Å². The van der Waals surface area contributed by atoms with Crippen molar-refractivity contribution in [1.82, 2.24) is 9.97 Å². The van der Waals surface area contributed by atoms with Gasteiger partial charge in [-0.3, -0.25) is 9.59 Å². The molecule has 6 heteroatoms. The Morgan fingerprint density at radius 1 is 1.29 bits per heavy atom. The number of anilines is 1. The molecule has 2 aromatic rings. The maximum Gasteiger partial charge on any atom is 0.254 e. The second kappa shape index (κ2) is 6.21. The summed E-state index contributed by atoms with van der Waals surface area (Å²) >= 11 is 0. The average Bonchev–Trinajstić information content (AvgIpc) is 2.43. The van der Waals surface area contributed by atoms with Crippen molar-refractivity contribution in [3.05, 3.63) is 51.7 Å². The van der Waals surface area contributed by atoms with Gasteiger partial charge in [0.25, 0.3) is 5.56 Å². The van der Waals surface area contributed by atoms with Crippen molar-refractivity contribution in [1.29, 1.82) is 0 Å². The molecule has 1 amide bonds. The van der Waals surface area contributed by atoms with Crippen molar-refractivity contribution in [3.8, 4) is 5.75 Å². The van der Waals surface area contributed by atoms with E-state index in [1.807, 2.05) is 0 Å². The Labute approximate surface area is 122 Å². The molecule has 2 N–H and O–H groups in total. The third-order valence-corrected chi connectivity index (χ3v) is 3.05. The van der Waals surface area contributed by atoms with Gasteiger partial charge >= 0.3 is 0 Å². The molecule has 0 radical (unpaired) electrons. The maximum atomic E-state index is 12.0. The highest BCUT2D eigenvalue weighted by Gasteiger charge is 2.12. The molecule has 0 saturated carbocycles. The lowest BCUT2D eigenvalue weighted by Gasteiger charge is -2.07. The first-order valence-corrected chi connectivity index (χ1v) is 6.50. The fraction of sp³-hybridized carbons (Fsp3) is 0.267. The smallest absolute Gasteiger partial charge is 0.254 e. The van der Waals surface area contributed by atoms with E-state index in [4.69, 9.17) is 4.74 Å². The molecule has 110 valence electrons. The number of ether oxygens (including phenoxy) is 1. The summed E-state index contributed by atoms with van der Waals surface area (Å²) in [5.41, 5.74) is 1.33. The van der Waals surface area contributed by atoms with E-state index in [0.29, 0.717) is 28.5 Å². The summed E-state index contributed by atoms with van der Waals surface area (Å²) in [6.07, 6.45) is -0.0134. The van der Waals surface area contributed by atoms with Crippen molar-refractivity contribution in [2.24, 2.45) is 0 Å². The Hall–Kier alpha value is -2.63. The monoisotopic (exact) mass is 287 g/mol. The van der Waals surface area contributed by atoms with Gasteiger partial charge in [-0.15, -0.1) is 0 Å². The van der Waals surface area contributed by atoms with Gasteiger partial charge in [0.15, 0.2) is 0 Å². The number of carbonyl (C=O) groups excluding carboxylic acids is 1. The summed E-state index contributed by atoms with van der Waals surface area (Å²) in [6.45, 7) is 3.42. The standard InChI is InChI=1S/C15H17N3O3/c1-9-13(15(20)17-10(2)16-9)8-14(19)18-11-4-6-12(21-3)7-5-11/h4-7H,8H2,1-3H3,(H,18,19)(H,16,17,20). The third-order valence-electron chi connectivity index (χ3n) is 3.05. The summed E-state index contributed by atoms with van der Waals surface area (Å²) in [5, 5.41) is 2.74. The topological polar surface area (TPSA) is 84.1 Å². The molecule has 0 spiro atoms. The zero-order valence-corrected chi connectivity index (χ0v) is 12.2. The number of amides is 1. The zero-order chi connectivity index (χ0) is 15.4. The number of H-pyrrole nitrogens is 1. The Morgan fingerprint density at radius 2 is 1.95 bits per heavy atom. The Bertz CT molecular complexity index is 705.